The normalized spacial score (nSPS) is 11.6. The molecule has 0 saturated heterocycles. The molecule has 25 heavy (non-hydrogen) atoms. The Morgan fingerprint density at radius 1 is 1.16 bits per heavy atom. The molecule has 134 valence electrons. The second-order valence-electron chi connectivity index (χ2n) is 5.20. The molecule has 0 bridgehead atoms. The van der Waals surface area contributed by atoms with E-state index in [1.54, 1.807) is 32.0 Å². The monoisotopic (exact) mass is 492 g/mol. The van der Waals surface area contributed by atoms with Crippen molar-refractivity contribution in [1.82, 2.24) is 4.31 Å². The summed E-state index contributed by atoms with van der Waals surface area (Å²) in [7, 11) is -3.63. The molecule has 0 unspecified atom stereocenters. The van der Waals surface area contributed by atoms with Crippen LogP contribution in [0, 0.1) is 3.57 Å². The van der Waals surface area contributed by atoms with E-state index in [0.717, 1.165) is 3.57 Å². The molecular formula is C17H18ClIN2O3S. The number of carbonyl (C=O) groups excluding carboxylic acids is 1. The maximum atomic E-state index is 12.6. The molecule has 0 aromatic heterocycles. The molecule has 0 aliphatic rings. The minimum atomic E-state index is -3.63. The molecule has 0 radical (unpaired) electrons. The fraction of sp³-hybridized carbons (Fsp3) is 0.235. The van der Waals surface area contributed by atoms with Crippen LogP contribution in [0.2, 0.25) is 5.02 Å². The van der Waals surface area contributed by atoms with Crippen molar-refractivity contribution in [2.45, 2.75) is 18.7 Å². The Bertz CT molecular complexity index is 883. The van der Waals surface area contributed by atoms with Gasteiger partial charge in [0.25, 0.3) is 5.91 Å². The minimum Gasteiger partial charge on any atom is -0.321 e. The molecule has 2 aromatic carbocycles. The zero-order valence-electron chi connectivity index (χ0n) is 13.8. The quantitative estimate of drug-likeness (QED) is 0.614. The molecule has 2 aromatic rings. The first-order chi connectivity index (χ1) is 11.8. The summed E-state index contributed by atoms with van der Waals surface area (Å²) in [5, 5.41) is 2.96. The van der Waals surface area contributed by atoms with E-state index in [1.807, 2.05) is 6.07 Å². The van der Waals surface area contributed by atoms with E-state index < -0.39 is 10.0 Å². The third kappa shape index (κ3) is 4.72. The summed E-state index contributed by atoms with van der Waals surface area (Å²) in [6, 6.07) is 11.4. The molecule has 1 amide bonds. The number of halogens is 2. The number of nitrogens with one attached hydrogen (secondary N) is 1. The number of benzene rings is 2. The molecule has 1 N–H and O–H groups in total. The van der Waals surface area contributed by atoms with Gasteiger partial charge in [0.15, 0.2) is 0 Å². The van der Waals surface area contributed by atoms with E-state index in [1.165, 1.54) is 22.5 Å². The number of carbonyl (C=O) groups is 1. The Balaban J connectivity index is 2.35. The van der Waals surface area contributed by atoms with E-state index >= 15 is 0 Å². The van der Waals surface area contributed by atoms with Crippen molar-refractivity contribution in [1.29, 1.82) is 0 Å². The van der Waals surface area contributed by atoms with E-state index in [4.69, 9.17) is 11.6 Å². The SMILES string of the molecule is CCN(CC)S(=O)(=O)c1ccc(Cl)c(NC(=O)c2cccc(I)c2)c1. The van der Waals surface area contributed by atoms with Crippen molar-refractivity contribution in [2.75, 3.05) is 18.4 Å². The van der Waals surface area contributed by atoms with E-state index in [-0.39, 0.29) is 21.5 Å². The van der Waals surface area contributed by atoms with Gasteiger partial charge in [0.2, 0.25) is 10.0 Å². The lowest BCUT2D eigenvalue weighted by Crippen LogP contribution is -2.30. The fourth-order valence-electron chi connectivity index (χ4n) is 2.30. The molecule has 0 fully saturated rings. The van der Waals surface area contributed by atoms with Gasteiger partial charge in [0.1, 0.15) is 0 Å². The van der Waals surface area contributed by atoms with E-state index in [9.17, 15) is 13.2 Å². The second kappa shape index (κ2) is 8.48. The highest BCUT2D eigenvalue weighted by molar-refractivity contribution is 14.1. The maximum Gasteiger partial charge on any atom is 0.255 e. The van der Waals surface area contributed by atoms with Gasteiger partial charge >= 0.3 is 0 Å². The summed E-state index contributed by atoms with van der Waals surface area (Å²) in [6.45, 7) is 4.28. The molecule has 0 atom stereocenters. The summed E-state index contributed by atoms with van der Waals surface area (Å²) in [5.74, 6) is -0.349. The van der Waals surface area contributed by atoms with Gasteiger partial charge in [-0.15, -0.1) is 0 Å². The third-order valence-electron chi connectivity index (χ3n) is 3.62. The Morgan fingerprint density at radius 2 is 1.84 bits per heavy atom. The van der Waals surface area contributed by atoms with Crippen LogP contribution in [-0.4, -0.2) is 31.7 Å². The number of rotatable bonds is 6. The first-order valence-electron chi connectivity index (χ1n) is 7.66. The van der Waals surface area contributed by atoms with Crippen LogP contribution in [0.4, 0.5) is 5.69 Å². The summed E-state index contributed by atoms with van der Waals surface area (Å²) in [5.41, 5.74) is 0.735. The average molecular weight is 493 g/mol. The largest absolute Gasteiger partial charge is 0.321 e. The van der Waals surface area contributed by atoms with Gasteiger partial charge in [-0.05, 0) is 59.0 Å². The third-order valence-corrected chi connectivity index (χ3v) is 6.66. The highest BCUT2D eigenvalue weighted by atomic mass is 127. The first kappa shape index (κ1) is 20.2. The minimum absolute atomic E-state index is 0.0959. The predicted octanol–water partition coefficient (Wildman–Crippen LogP) is 4.23. The van der Waals surface area contributed by atoms with Crippen LogP contribution < -0.4 is 5.32 Å². The average Bonchev–Trinajstić information content (AvgIpc) is 2.57. The van der Waals surface area contributed by atoms with E-state index in [2.05, 4.69) is 27.9 Å². The van der Waals surface area contributed by atoms with Crippen molar-refractivity contribution in [3.05, 3.63) is 56.6 Å². The standard InChI is InChI=1S/C17H18ClIN2O3S/c1-3-21(4-2)25(23,24)14-8-9-15(18)16(11-14)20-17(22)12-6-5-7-13(19)10-12/h5-11H,3-4H2,1-2H3,(H,20,22). The number of amides is 1. The lowest BCUT2D eigenvalue weighted by atomic mass is 10.2. The Labute approximate surface area is 166 Å². The zero-order chi connectivity index (χ0) is 18.6. The molecule has 0 saturated carbocycles. The number of hydrogen-bond acceptors (Lipinski definition) is 3. The maximum absolute atomic E-state index is 12.6. The molecule has 2 rings (SSSR count). The lowest BCUT2D eigenvalue weighted by Gasteiger charge is -2.19. The number of nitrogens with zero attached hydrogens (tertiary/aromatic N) is 1. The van der Waals surface area contributed by atoms with Gasteiger partial charge in [0.05, 0.1) is 15.6 Å². The summed E-state index contributed by atoms with van der Waals surface area (Å²) in [4.78, 5) is 12.5. The van der Waals surface area contributed by atoms with Gasteiger partial charge in [-0.1, -0.05) is 31.5 Å². The van der Waals surface area contributed by atoms with Crippen LogP contribution in [0.25, 0.3) is 0 Å². The summed E-state index contributed by atoms with van der Waals surface area (Å²) >= 11 is 8.25. The van der Waals surface area contributed by atoms with Gasteiger partial charge in [-0.2, -0.15) is 4.31 Å². The van der Waals surface area contributed by atoms with Crippen LogP contribution in [-0.2, 0) is 10.0 Å². The molecule has 0 heterocycles. The van der Waals surface area contributed by atoms with Gasteiger partial charge in [-0.25, -0.2) is 8.42 Å². The zero-order valence-corrected chi connectivity index (χ0v) is 17.5. The highest BCUT2D eigenvalue weighted by Crippen LogP contribution is 2.27. The van der Waals surface area contributed by atoms with Crippen molar-refractivity contribution in [2.24, 2.45) is 0 Å². The summed E-state index contributed by atoms with van der Waals surface area (Å²) in [6.07, 6.45) is 0. The van der Waals surface area contributed by atoms with Crippen molar-refractivity contribution < 1.29 is 13.2 Å². The van der Waals surface area contributed by atoms with Crippen molar-refractivity contribution >= 4 is 55.8 Å². The smallest absolute Gasteiger partial charge is 0.255 e. The first-order valence-corrected chi connectivity index (χ1v) is 10.6. The summed E-state index contributed by atoms with van der Waals surface area (Å²) < 4.78 is 27.5. The lowest BCUT2D eigenvalue weighted by molar-refractivity contribution is 0.102. The predicted molar refractivity (Wildman–Crippen MR) is 109 cm³/mol. The molecule has 0 aliphatic heterocycles. The second-order valence-corrected chi connectivity index (χ2v) is 8.79. The number of sulfonamides is 1. The van der Waals surface area contributed by atoms with Gasteiger partial charge in [-0.3, -0.25) is 4.79 Å². The van der Waals surface area contributed by atoms with Crippen LogP contribution in [0.1, 0.15) is 24.2 Å². The molecule has 0 aliphatic carbocycles. The fourth-order valence-corrected chi connectivity index (χ4v) is 4.49. The van der Waals surface area contributed by atoms with Crippen LogP contribution in [0.3, 0.4) is 0 Å². The van der Waals surface area contributed by atoms with Crippen molar-refractivity contribution in [3.63, 3.8) is 0 Å². The molecule has 8 heteroatoms. The van der Waals surface area contributed by atoms with Gasteiger partial charge < -0.3 is 5.32 Å². The molecule has 5 nitrogen and oxygen atoms in total. The Morgan fingerprint density at radius 3 is 2.44 bits per heavy atom. The highest BCUT2D eigenvalue weighted by Gasteiger charge is 2.23. The van der Waals surface area contributed by atoms with E-state index in [0.29, 0.717) is 18.7 Å². The van der Waals surface area contributed by atoms with Crippen molar-refractivity contribution in [3.8, 4) is 0 Å². The van der Waals surface area contributed by atoms with Crippen LogP contribution in [0.5, 0.6) is 0 Å². The number of anilines is 1. The number of hydrogen-bond donors (Lipinski definition) is 1. The molecule has 0 spiro atoms. The van der Waals surface area contributed by atoms with Crippen LogP contribution >= 0.6 is 34.2 Å². The Kier molecular flexibility index (Phi) is 6.84. The Hall–Kier alpha value is -1.16. The molecular weight excluding hydrogens is 475 g/mol. The topological polar surface area (TPSA) is 66.5 Å². The van der Waals surface area contributed by atoms with Gasteiger partial charge in [0, 0.05) is 22.2 Å². The van der Waals surface area contributed by atoms with Crippen LogP contribution in [0.15, 0.2) is 47.4 Å².